The summed E-state index contributed by atoms with van der Waals surface area (Å²) in [5.41, 5.74) is 0.0232. The van der Waals surface area contributed by atoms with E-state index in [-0.39, 0.29) is 24.1 Å². The summed E-state index contributed by atoms with van der Waals surface area (Å²) >= 11 is 6.30. The lowest BCUT2D eigenvalue weighted by Gasteiger charge is -2.35. The van der Waals surface area contributed by atoms with Gasteiger partial charge >= 0.3 is 6.09 Å². The highest BCUT2D eigenvalue weighted by molar-refractivity contribution is 6.33. The molecule has 2 fully saturated rings. The summed E-state index contributed by atoms with van der Waals surface area (Å²) in [4.78, 5) is 29.5. The summed E-state index contributed by atoms with van der Waals surface area (Å²) in [6.07, 6.45) is 4.77. The molecule has 0 spiro atoms. The van der Waals surface area contributed by atoms with Crippen molar-refractivity contribution < 1.29 is 14.3 Å². The summed E-state index contributed by atoms with van der Waals surface area (Å²) in [5, 5.41) is 0.479. The van der Waals surface area contributed by atoms with Crippen molar-refractivity contribution in [1.82, 2.24) is 9.80 Å². The Labute approximate surface area is 166 Å². The molecule has 0 unspecified atom stereocenters. The van der Waals surface area contributed by atoms with Crippen molar-refractivity contribution in [3.05, 3.63) is 34.9 Å². The van der Waals surface area contributed by atoms with E-state index in [1.54, 1.807) is 17.0 Å². The van der Waals surface area contributed by atoms with Crippen LogP contribution in [0.5, 0.6) is 0 Å². The first-order valence-electron chi connectivity index (χ1n) is 9.81. The van der Waals surface area contributed by atoms with Crippen molar-refractivity contribution in [3.8, 4) is 0 Å². The first-order valence-corrected chi connectivity index (χ1v) is 10.2. The second kappa shape index (κ2) is 8.09. The van der Waals surface area contributed by atoms with Gasteiger partial charge in [0.1, 0.15) is 5.60 Å². The number of hydrogen-bond donors (Lipinski definition) is 0. The molecule has 2 amide bonds. The van der Waals surface area contributed by atoms with E-state index < -0.39 is 5.60 Å². The third-order valence-corrected chi connectivity index (χ3v) is 5.59. The van der Waals surface area contributed by atoms with E-state index >= 15 is 0 Å². The number of ether oxygens (including phenoxy) is 1. The fraction of sp³-hybridized carbons (Fsp3) is 0.619. The molecule has 5 nitrogen and oxygen atoms in total. The molecule has 1 aliphatic heterocycles. The first kappa shape index (κ1) is 20.0. The largest absolute Gasteiger partial charge is 0.444 e. The van der Waals surface area contributed by atoms with Crippen LogP contribution in [-0.2, 0) is 4.74 Å². The summed E-state index contributed by atoms with van der Waals surface area (Å²) in [6, 6.07) is 7.44. The molecule has 0 N–H and O–H groups in total. The average Bonchev–Trinajstić information content (AvgIpc) is 3.26. The van der Waals surface area contributed by atoms with E-state index in [0.29, 0.717) is 23.7 Å². The van der Waals surface area contributed by atoms with E-state index in [1.165, 1.54) is 0 Å². The van der Waals surface area contributed by atoms with Crippen molar-refractivity contribution in [2.24, 2.45) is 0 Å². The smallest absolute Gasteiger partial charge is 0.410 e. The van der Waals surface area contributed by atoms with Gasteiger partial charge in [-0.3, -0.25) is 4.79 Å². The molecular weight excluding hydrogens is 364 g/mol. The zero-order valence-electron chi connectivity index (χ0n) is 16.4. The second-order valence-electron chi connectivity index (χ2n) is 8.50. The van der Waals surface area contributed by atoms with Crippen LogP contribution in [0, 0.1) is 0 Å². The molecule has 1 aliphatic carbocycles. The third kappa shape index (κ3) is 4.75. The SMILES string of the molecule is CC(C)(C)OC(=O)N1CC[C@H](N(C(=O)c2ccccc2Cl)C2CCCC2)C1. The predicted octanol–water partition coefficient (Wildman–Crippen LogP) is 4.73. The molecule has 0 aromatic heterocycles. The molecule has 1 saturated heterocycles. The molecule has 1 aromatic rings. The number of halogens is 1. The van der Waals surface area contributed by atoms with Crippen LogP contribution in [0.15, 0.2) is 24.3 Å². The van der Waals surface area contributed by atoms with Crippen LogP contribution in [-0.4, -0.2) is 52.6 Å². The Morgan fingerprint density at radius 3 is 2.41 bits per heavy atom. The van der Waals surface area contributed by atoms with Crippen LogP contribution >= 0.6 is 11.6 Å². The number of hydrogen-bond acceptors (Lipinski definition) is 3. The molecule has 6 heteroatoms. The third-order valence-electron chi connectivity index (χ3n) is 5.27. The van der Waals surface area contributed by atoms with Crippen molar-refractivity contribution in [1.29, 1.82) is 0 Å². The predicted molar refractivity (Wildman–Crippen MR) is 106 cm³/mol. The fourth-order valence-electron chi connectivity index (χ4n) is 4.05. The van der Waals surface area contributed by atoms with E-state index in [4.69, 9.17) is 16.3 Å². The average molecular weight is 393 g/mol. The number of rotatable bonds is 3. The molecular formula is C21H29ClN2O3. The molecule has 148 valence electrons. The molecule has 27 heavy (non-hydrogen) atoms. The van der Waals surface area contributed by atoms with Crippen molar-refractivity contribution in [2.45, 2.75) is 70.6 Å². The fourth-order valence-corrected chi connectivity index (χ4v) is 4.26. The maximum absolute atomic E-state index is 13.4. The van der Waals surface area contributed by atoms with Gasteiger partial charge in [-0.25, -0.2) is 4.79 Å². The Kier molecular flexibility index (Phi) is 5.99. The van der Waals surface area contributed by atoms with Gasteiger partial charge in [-0.15, -0.1) is 0 Å². The Morgan fingerprint density at radius 2 is 1.78 bits per heavy atom. The van der Waals surface area contributed by atoms with Crippen molar-refractivity contribution in [3.63, 3.8) is 0 Å². The Hall–Kier alpha value is -1.75. The highest BCUT2D eigenvalue weighted by atomic mass is 35.5. The van der Waals surface area contributed by atoms with Gasteiger partial charge < -0.3 is 14.5 Å². The number of benzene rings is 1. The van der Waals surface area contributed by atoms with E-state index in [2.05, 4.69) is 0 Å². The van der Waals surface area contributed by atoms with Crippen LogP contribution in [0.1, 0.15) is 63.2 Å². The maximum Gasteiger partial charge on any atom is 0.410 e. The molecule has 1 heterocycles. The van der Waals surface area contributed by atoms with Gasteiger partial charge in [-0.2, -0.15) is 0 Å². The molecule has 3 rings (SSSR count). The van der Waals surface area contributed by atoms with E-state index in [9.17, 15) is 9.59 Å². The number of nitrogens with zero attached hydrogens (tertiary/aromatic N) is 2. The first-order chi connectivity index (χ1) is 12.8. The second-order valence-corrected chi connectivity index (χ2v) is 8.91. The Morgan fingerprint density at radius 1 is 1.11 bits per heavy atom. The maximum atomic E-state index is 13.4. The lowest BCUT2D eigenvalue weighted by Crippen LogP contribution is -2.48. The van der Waals surface area contributed by atoms with Gasteiger partial charge in [0.05, 0.1) is 16.6 Å². The standard InChI is InChI=1S/C21H29ClN2O3/c1-21(2,3)27-20(26)23-13-12-16(14-23)24(15-8-4-5-9-15)19(25)17-10-6-7-11-18(17)22/h6-7,10-11,15-16H,4-5,8-9,12-14H2,1-3H3/t16-/m0/s1. The lowest BCUT2D eigenvalue weighted by molar-refractivity contribution is 0.0265. The molecule has 2 aliphatic rings. The van der Waals surface area contributed by atoms with E-state index in [0.717, 1.165) is 32.1 Å². The summed E-state index contributed by atoms with van der Waals surface area (Å²) in [5.74, 6) is -0.0245. The monoisotopic (exact) mass is 392 g/mol. The highest BCUT2D eigenvalue weighted by Gasteiger charge is 2.39. The summed E-state index contributed by atoms with van der Waals surface area (Å²) in [7, 11) is 0. The molecule has 1 saturated carbocycles. The Balaban J connectivity index is 1.78. The zero-order chi connectivity index (χ0) is 19.6. The van der Waals surface area contributed by atoms with Gasteiger partial charge in [0.25, 0.3) is 5.91 Å². The van der Waals surface area contributed by atoms with Crippen molar-refractivity contribution >= 4 is 23.6 Å². The molecule has 1 atom stereocenters. The van der Waals surface area contributed by atoms with Crippen LogP contribution in [0.3, 0.4) is 0 Å². The number of likely N-dealkylation sites (tertiary alicyclic amines) is 1. The van der Waals surface area contributed by atoms with Crippen LogP contribution in [0.25, 0.3) is 0 Å². The van der Waals surface area contributed by atoms with E-state index in [1.807, 2.05) is 37.8 Å². The minimum Gasteiger partial charge on any atom is -0.444 e. The van der Waals surface area contributed by atoms with Gasteiger partial charge in [0.15, 0.2) is 0 Å². The molecule has 0 bridgehead atoms. The number of carbonyl (C=O) groups is 2. The van der Waals surface area contributed by atoms with Gasteiger partial charge in [0, 0.05) is 19.1 Å². The van der Waals surface area contributed by atoms with Crippen LogP contribution in [0.4, 0.5) is 4.79 Å². The van der Waals surface area contributed by atoms with Gasteiger partial charge in [-0.05, 0) is 52.2 Å². The zero-order valence-corrected chi connectivity index (χ0v) is 17.2. The van der Waals surface area contributed by atoms with Gasteiger partial charge in [0.2, 0.25) is 0 Å². The number of amides is 2. The highest BCUT2D eigenvalue weighted by Crippen LogP contribution is 2.31. The quantitative estimate of drug-likeness (QED) is 0.746. The summed E-state index contributed by atoms with van der Waals surface area (Å²) in [6.45, 7) is 6.72. The summed E-state index contributed by atoms with van der Waals surface area (Å²) < 4.78 is 5.50. The minimum absolute atomic E-state index is 0.00407. The van der Waals surface area contributed by atoms with Crippen LogP contribution in [0.2, 0.25) is 5.02 Å². The topological polar surface area (TPSA) is 49.9 Å². The normalized spacial score (nSPS) is 20.7. The van der Waals surface area contributed by atoms with Gasteiger partial charge in [-0.1, -0.05) is 36.6 Å². The Bertz CT molecular complexity index is 695. The van der Waals surface area contributed by atoms with Crippen molar-refractivity contribution in [2.75, 3.05) is 13.1 Å². The molecule has 0 radical (unpaired) electrons. The minimum atomic E-state index is -0.520. The van der Waals surface area contributed by atoms with Crippen LogP contribution < -0.4 is 0 Å². The number of carbonyl (C=O) groups excluding carboxylic acids is 2. The molecule has 1 aromatic carbocycles. The lowest BCUT2D eigenvalue weighted by atomic mass is 10.1.